The second kappa shape index (κ2) is 6.76. The van der Waals surface area contributed by atoms with Crippen molar-refractivity contribution in [3.05, 3.63) is 0 Å². The number of rotatable bonds is 3. The largest absolute Gasteiger partial charge is 0.361 e. The van der Waals surface area contributed by atoms with Gasteiger partial charge in [-0.05, 0) is 25.7 Å². The molecule has 0 atom stereocenters. The minimum absolute atomic E-state index is 0.105. The highest BCUT2D eigenvalue weighted by molar-refractivity contribution is 7.84. The maximum Gasteiger partial charge on any atom is 0.361 e. The molecular formula is C13H24N2O4S. The molecule has 2 fully saturated rings. The Morgan fingerprint density at radius 2 is 1.30 bits per heavy atom. The first kappa shape index (κ1) is 15.6. The summed E-state index contributed by atoms with van der Waals surface area (Å²) in [4.78, 5) is 13.9. The summed E-state index contributed by atoms with van der Waals surface area (Å²) in [6, 6.07) is -0.450. The summed E-state index contributed by atoms with van der Waals surface area (Å²) in [7, 11) is -4.49. The third kappa shape index (κ3) is 4.34. The fourth-order valence-corrected chi connectivity index (χ4v) is 3.84. The van der Waals surface area contributed by atoms with Crippen molar-refractivity contribution in [3.63, 3.8) is 0 Å². The van der Waals surface area contributed by atoms with Crippen LogP contribution in [0.1, 0.15) is 64.2 Å². The van der Waals surface area contributed by atoms with Crippen molar-refractivity contribution in [2.45, 2.75) is 76.3 Å². The number of carbonyl (C=O) groups is 1. The highest BCUT2D eigenvalue weighted by Gasteiger charge is 2.33. The summed E-state index contributed by atoms with van der Waals surface area (Å²) < 4.78 is 32.4. The smallest absolute Gasteiger partial charge is 0.318 e. The van der Waals surface area contributed by atoms with Crippen LogP contribution in [0.2, 0.25) is 0 Å². The Kier molecular flexibility index (Phi) is 5.26. The van der Waals surface area contributed by atoms with Crippen molar-refractivity contribution in [2.75, 3.05) is 0 Å². The third-order valence-electron chi connectivity index (χ3n) is 4.39. The zero-order valence-electron chi connectivity index (χ0n) is 11.8. The summed E-state index contributed by atoms with van der Waals surface area (Å²) in [5.41, 5.74) is 0. The van der Waals surface area contributed by atoms with Gasteiger partial charge >= 0.3 is 16.3 Å². The summed E-state index contributed by atoms with van der Waals surface area (Å²) in [5, 5.41) is 0. The van der Waals surface area contributed by atoms with Crippen LogP contribution in [-0.2, 0) is 10.3 Å². The van der Waals surface area contributed by atoms with Crippen LogP contribution in [-0.4, -0.2) is 36.0 Å². The first-order valence-corrected chi connectivity index (χ1v) is 8.99. The van der Waals surface area contributed by atoms with E-state index in [0.717, 1.165) is 51.4 Å². The van der Waals surface area contributed by atoms with Gasteiger partial charge in [0, 0.05) is 12.1 Å². The van der Waals surface area contributed by atoms with Crippen LogP contribution >= 0.6 is 0 Å². The number of hydrogen-bond donors (Lipinski definition) is 2. The molecule has 0 heterocycles. The number of urea groups is 1. The van der Waals surface area contributed by atoms with E-state index < -0.39 is 16.3 Å². The van der Waals surface area contributed by atoms with Crippen molar-refractivity contribution >= 4 is 16.3 Å². The van der Waals surface area contributed by atoms with Gasteiger partial charge in [-0.15, -0.1) is 0 Å². The normalized spacial score (nSPS) is 22.4. The molecule has 2 amide bonds. The van der Waals surface area contributed by atoms with Gasteiger partial charge in [0.05, 0.1) is 0 Å². The zero-order chi connectivity index (χ0) is 14.6. The Bertz CT molecular complexity index is 408. The first-order valence-electron chi connectivity index (χ1n) is 7.55. The van der Waals surface area contributed by atoms with Crippen LogP contribution in [0.4, 0.5) is 4.79 Å². The maximum absolute atomic E-state index is 12.2. The zero-order valence-corrected chi connectivity index (χ0v) is 12.6. The molecule has 0 aromatic rings. The lowest BCUT2D eigenvalue weighted by Gasteiger charge is -2.41. The molecule has 2 aliphatic carbocycles. The predicted octanol–water partition coefficient (Wildman–Crippen LogP) is 2.47. The summed E-state index contributed by atoms with van der Waals surface area (Å²) in [5.74, 6) is 0. The van der Waals surface area contributed by atoms with Gasteiger partial charge < -0.3 is 4.90 Å². The van der Waals surface area contributed by atoms with Gasteiger partial charge in [-0.2, -0.15) is 8.42 Å². The quantitative estimate of drug-likeness (QED) is 0.784. The van der Waals surface area contributed by atoms with Gasteiger partial charge in [-0.25, -0.2) is 9.52 Å². The second-order valence-electron chi connectivity index (χ2n) is 5.87. The number of nitrogens with zero attached hydrogens (tertiary/aromatic N) is 1. The van der Waals surface area contributed by atoms with Crippen LogP contribution in [0.5, 0.6) is 0 Å². The summed E-state index contributed by atoms with van der Waals surface area (Å²) >= 11 is 0. The summed E-state index contributed by atoms with van der Waals surface area (Å²) in [6.45, 7) is 0. The Morgan fingerprint density at radius 3 is 1.65 bits per heavy atom. The van der Waals surface area contributed by atoms with Gasteiger partial charge in [0.25, 0.3) is 0 Å². The van der Waals surface area contributed by atoms with Gasteiger partial charge in [-0.3, -0.25) is 4.55 Å². The van der Waals surface area contributed by atoms with E-state index in [-0.39, 0.29) is 12.1 Å². The number of hydrogen-bond acceptors (Lipinski definition) is 3. The number of nitrogens with one attached hydrogen (secondary N) is 1. The fraction of sp³-hybridized carbons (Fsp3) is 0.923. The van der Waals surface area contributed by atoms with E-state index in [0.29, 0.717) is 0 Å². The Hall–Kier alpha value is -0.820. The third-order valence-corrected chi connectivity index (χ3v) is 4.82. The van der Waals surface area contributed by atoms with Gasteiger partial charge in [0.15, 0.2) is 0 Å². The highest BCUT2D eigenvalue weighted by Crippen LogP contribution is 2.30. The molecule has 0 saturated heterocycles. The molecule has 0 spiro atoms. The number of carbonyl (C=O) groups excluding carboxylic acids is 1. The van der Waals surface area contributed by atoms with E-state index in [1.54, 1.807) is 9.62 Å². The van der Waals surface area contributed by atoms with Crippen molar-refractivity contribution < 1.29 is 17.8 Å². The predicted molar refractivity (Wildman–Crippen MR) is 75.7 cm³/mol. The molecular weight excluding hydrogens is 280 g/mol. The lowest BCUT2D eigenvalue weighted by atomic mass is 9.89. The van der Waals surface area contributed by atoms with Crippen molar-refractivity contribution in [1.82, 2.24) is 9.62 Å². The summed E-state index contributed by atoms with van der Waals surface area (Å²) in [6.07, 6.45) is 10.4. The van der Waals surface area contributed by atoms with Crippen molar-refractivity contribution in [2.24, 2.45) is 0 Å². The average Bonchev–Trinajstić information content (AvgIpc) is 2.39. The lowest BCUT2D eigenvalue weighted by molar-refractivity contribution is 0.108. The standard InChI is InChI=1S/C13H24N2O4S/c16-13(14-20(17,18)19)15(11-7-3-1-4-8-11)12-9-5-2-6-10-12/h11-12H,1-10H2,(H,14,16)(H,17,18,19). The van der Waals surface area contributed by atoms with E-state index in [4.69, 9.17) is 4.55 Å². The SMILES string of the molecule is O=C(NS(=O)(=O)O)N(C1CCCCC1)C1CCCCC1. The Labute approximate surface area is 120 Å². The molecule has 7 heteroatoms. The van der Waals surface area contributed by atoms with E-state index in [9.17, 15) is 13.2 Å². The molecule has 2 aliphatic rings. The van der Waals surface area contributed by atoms with Crippen LogP contribution in [0.25, 0.3) is 0 Å². The molecule has 0 radical (unpaired) electrons. The van der Waals surface area contributed by atoms with Crippen LogP contribution < -0.4 is 4.72 Å². The molecule has 116 valence electrons. The van der Waals surface area contributed by atoms with E-state index in [2.05, 4.69) is 0 Å². The van der Waals surface area contributed by atoms with Gasteiger partial charge in [0.2, 0.25) is 0 Å². The molecule has 0 aromatic heterocycles. The van der Waals surface area contributed by atoms with Crippen LogP contribution in [0.3, 0.4) is 0 Å². The molecule has 6 nitrogen and oxygen atoms in total. The molecule has 0 aromatic carbocycles. The average molecular weight is 304 g/mol. The van der Waals surface area contributed by atoms with Gasteiger partial charge in [-0.1, -0.05) is 38.5 Å². The van der Waals surface area contributed by atoms with E-state index >= 15 is 0 Å². The molecule has 0 unspecified atom stereocenters. The molecule has 2 rings (SSSR count). The molecule has 0 bridgehead atoms. The Balaban J connectivity index is 2.11. The molecule has 20 heavy (non-hydrogen) atoms. The maximum atomic E-state index is 12.2. The van der Waals surface area contributed by atoms with E-state index in [1.807, 2.05) is 0 Å². The van der Waals surface area contributed by atoms with Gasteiger partial charge in [0.1, 0.15) is 0 Å². The molecule has 2 N–H and O–H groups in total. The minimum atomic E-state index is -4.49. The van der Waals surface area contributed by atoms with Crippen molar-refractivity contribution in [1.29, 1.82) is 0 Å². The first-order chi connectivity index (χ1) is 9.47. The van der Waals surface area contributed by atoms with Crippen LogP contribution in [0, 0.1) is 0 Å². The lowest BCUT2D eigenvalue weighted by Crippen LogP contribution is -2.53. The highest BCUT2D eigenvalue weighted by atomic mass is 32.2. The number of amides is 2. The molecule has 2 saturated carbocycles. The van der Waals surface area contributed by atoms with E-state index in [1.165, 1.54) is 12.8 Å². The second-order valence-corrected chi connectivity index (χ2v) is 7.03. The monoisotopic (exact) mass is 304 g/mol. The molecule has 0 aliphatic heterocycles. The fourth-order valence-electron chi connectivity index (χ4n) is 3.51. The Morgan fingerprint density at radius 1 is 0.900 bits per heavy atom. The topological polar surface area (TPSA) is 86.7 Å². The van der Waals surface area contributed by atoms with Crippen LogP contribution in [0.15, 0.2) is 0 Å². The van der Waals surface area contributed by atoms with Crippen molar-refractivity contribution in [3.8, 4) is 0 Å². The minimum Gasteiger partial charge on any atom is -0.318 e.